The van der Waals surface area contributed by atoms with E-state index < -0.39 is 24.3 Å². The van der Waals surface area contributed by atoms with Crippen LogP contribution in [-0.4, -0.2) is 87.4 Å². The van der Waals surface area contributed by atoms with Gasteiger partial charge in [0.25, 0.3) is 6.29 Å². The Labute approximate surface area is 231 Å². The number of hydrogen-bond acceptors (Lipinski definition) is 7. The van der Waals surface area contributed by atoms with Crippen LogP contribution in [0.2, 0.25) is 0 Å². The van der Waals surface area contributed by atoms with Crippen molar-refractivity contribution >= 4 is 17.9 Å². The lowest BCUT2D eigenvalue weighted by Gasteiger charge is -2.25. The smallest absolute Gasteiger partial charge is 0.361 e. The fourth-order valence-electron chi connectivity index (χ4n) is 3.71. The number of hydrogen-bond donors (Lipinski definition) is 1. The van der Waals surface area contributed by atoms with Gasteiger partial charge in [0.05, 0.1) is 34.4 Å². The molecule has 224 valence electrons. The van der Waals surface area contributed by atoms with Crippen molar-refractivity contribution in [1.82, 2.24) is 0 Å². The Hall–Kier alpha value is -1.71. The molecule has 0 saturated heterocycles. The summed E-state index contributed by atoms with van der Waals surface area (Å²) < 4.78 is 22.3. The number of nitrogens with zero attached hydrogens (tertiary/aromatic N) is 1. The largest absolute Gasteiger partial charge is 0.477 e. The lowest BCUT2D eigenvalue weighted by molar-refractivity contribution is -0.870. The van der Waals surface area contributed by atoms with Crippen LogP contribution in [0.4, 0.5) is 0 Å². The Morgan fingerprint density at radius 1 is 0.684 bits per heavy atom. The molecule has 1 N–H and O–H groups in total. The Balaban J connectivity index is 4.68. The van der Waals surface area contributed by atoms with Gasteiger partial charge in [-0.2, -0.15) is 0 Å². The molecule has 0 radical (unpaired) electrons. The van der Waals surface area contributed by atoms with Crippen LogP contribution in [0.5, 0.6) is 0 Å². The zero-order valence-corrected chi connectivity index (χ0v) is 24.8. The zero-order chi connectivity index (χ0) is 28.7. The van der Waals surface area contributed by atoms with Gasteiger partial charge in [0.2, 0.25) is 0 Å². The summed E-state index contributed by atoms with van der Waals surface area (Å²) in [6.45, 7) is 4.70. The Morgan fingerprint density at radius 2 is 1.18 bits per heavy atom. The normalized spacial score (nSPS) is 13.2. The van der Waals surface area contributed by atoms with Crippen LogP contribution >= 0.6 is 0 Å². The second kappa shape index (κ2) is 23.2. The van der Waals surface area contributed by atoms with E-state index in [0.717, 1.165) is 51.4 Å². The highest BCUT2D eigenvalue weighted by Crippen LogP contribution is 2.12. The van der Waals surface area contributed by atoms with E-state index in [2.05, 4.69) is 13.8 Å². The molecule has 2 atom stereocenters. The SMILES string of the molecule is CCCCCCCCCCC(=O)OC(COC(=O)CCCCCCC)COC(OCC[N+](C)(C)C)C(=O)O. The quantitative estimate of drug-likeness (QED) is 0.0657. The second-order valence-electron chi connectivity index (χ2n) is 11.1. The average molecular weight is 547 g/mol. The predicted molar refractivity (Wildman–Crippen MR) is 148 cm³/mol. The summed E-state index contributed by atoms with van der Waals surface area (Å²) in [5.41, 5.74) is 0. The summed E-state index contributed by atoms with van der Waals surface area (Å²) in [6, 6.07) is 0. The van der Waals surface area contributed by atoms with Gasteiger partial charge >= 0.3 is 17.9 Å². The standard InChI is InChI=1S/C29H55NO8/c1-6-8-10-12-13-14-16-18-20-27(32)38-25(23-36-26(31)19-17-15-11-9-7-2)24-37-29(28(33)34)35-22-21-30(3,4)5/h25,29H,6-24H2,1-5H3/p+1. The highest BCUT2D eigenvalue weighted by Gasteiger charge is 2.25. The van der Waals surface area contributed by atoms with Crippen LogP contribution in [0.3, 0.4) is 0 Å². The number of aliphatic carboxylic acids is 1. The monoisotopic (exact) mass is 546 g/mol. The van der Waals surface area contributed by atoms with Crippen molar-refractivity contribution in [2.45, 2.75) is 123 Å². The molecule has 0 rings (SSSR count). The van der Waals surface area contributed by atoms with Crippen molar-refractivity contribution in [2.75, 3.05) is 47.5 Å². The van der Waals surface area contributed by atoms with Gasteiger partial charge < -0.3 is 28.5 Å². The lowest BCUT2D eigenvalue weighted by Crippen LogP contribution is -2.40. The number of carbonyl (C=O) groups is 3. The Morgan fingerprint density at radius 3 is 1.68 bits per heavy atom. The molecular weight excluding hydrogens is 490 g/mol. The number of quaternary nitrogens is 1. The summed E-state index contributed by atoms with van der Waals surface area (Å²) in [5, 5.41) is 9.46. The predicted octanol–water partition coefficient (Wildman–Crippen LogP) is 5.48. The third kappa shape index (κ3) is 23.4. The number of ether oxygens (including phenoxy) is 4. The molecule has 0 aromatic rings. The third-order valence-electron chi connectivity index (χ3n) is 6.11. The van der Waals surface area contributed by atoms with Crippen LogP contribution in [0, 0.1) is 0 Å². The molecule has 9 heteroatoms. The molecule has 2 unspecified atom stereocenters. The van der Waals surface area contributed by atoms with Crippen molar-refractivity contribution in [3.63, 3.8) is 0 Å². The molecule has 0 aromatic carbocycles. The van der Waals surface area contributed by atoms with Crippen molar-refractivity contribution in [1.29, 1.82) is 0 Å². The van der Waals surface area contributed by atoms with Crippen molar-refractivity contribution in [2.24, 2.45) is 0 Å². The second-order valence-corrected chi connectivity index (χ2v) is 11.1. The first kappa shape index (κ1) is 36.3. The fourth-order valence-corrected chi connectivity index (χ4v) is 3.71. The van der Waals surface area contributed by atoms with E-state index in [1.54, 1.807) is 0 Å². The first-order chi connectivity index (χ1) is 18.1. The number of likely N-dealkylation sites (N-methyl/N-ethyl adjacent to an activating group) is 1. The third-order valence-corrected chi connectivity index (χ3v) is 6.11. The average Bonchev–Trinajstić information content (AvgIpc) is 2.84. The molecule has 0 bridgehead atoms. The molecule has 0 saturated carbocycles. The summed E-state index contributed by atoms with van der Waals surface area (Å²) >= 11 is 0. The maximum atomic E-state index is 12.4. The molecule has 9 nitrogen and oxygen atoms in total. The van der Waals surface area contributed by atoms with Gasteiger partial charge in [-0.15, -0.1) is 0 Å². The maximum absolute atomic E-state index is 12.4. The number of carboxylic acid groups (broad SMARTS) is 1. The number of carboxylic acids is 1. The van der Waals surface area contributed by atoms with Crippen LogP contribution in [-0.2, 0) is 33.3 Å². The van der Waals surface area contributed by atoms with E-state index in [0.29, 0.717) is 17.4 Å². The van der Waals surface area contributed by atoms with Gasteiger partial charge in [-0.1, -0.05) is 84.5 Å². The van der Waals surface area contributed by atoms with E-state index in [4.69, 9.17) is 18.9 Å². The van der Waals surface area contributed by atoms with Crippen LogP contribution < -0.4 is 0 Å². The number of carbonyl (C=O) groups excluding carboxylic acids is 2. The van der Waals surface area contributed by atoms with Gasteiger partial charge in [-0.3, -0.25) is 9.59 Å². The lowest BCUT2D eigenvalue weighted by atomic mass is 10.1. The summed E-state index contributed by atoms with van der Waals surface area (Å²) in [4.78, 5) is 36.2. The Bertz CT molecular complexity index is 620. The molecule has 0 spiro atoms. The molecule has 0 heterocycles. The molecule has 38 heavy (non-hydrogen) atoms. The van der Waals surface area contributed by atoms with Crippen LogP contribution in [0.25, 0.3) is 0 Å². The van der Waals surface area contributed by atoms with Crippen LogP contribution in [0.15, 0.2) is 0 Å². The van der Waals surface area contributed by atoms with Crippen molar-refractivity contribution in [3.8, 4) is 0 Å². The van der Waals surface area contributed by atoms with E-state index in [1.807, 2.05) is 21.1 Å². The molecule has 0 amide bonds. The molecule has 0 aliphatic heterocycles. The first-order valence-electron chi connectivity index (χ1n) is 14.7. The Kier molecular flexibility index (Phi) is 22.2. The number of esters is 2. The maximum Gasteiger partial charge on any atom is 0.361 e. The van der Waals surface area contributed by atoms with Gasteiger partial charge in [0, 0.05) is 12.8 Å². The van der Waals surface area contributed by atoms with Gasteiger partial charge in [0.15, 0.2) is 6.10 Å². The van der Waals surface area contributed by atoms with Gasteiger partial charge in [-0.25, -0.2) is 4.79 Å². The zero-order valence-electron chi connectivity index (χ0n) is 24.8. The summed E-state index contributed by atoms with van der Waals surface area (Å²) in [5.74, 6) is -2.03. The van der Waals surface area contributed by atoms with Crippen molar-refractivity contribution in [3.05, 3.63) is 0 Å². The minimum Gasteiger partial charge on any atom is -0.477 e. The highest BCUT2D eigenvalue weighted by molar-refractivity contribution is 5.71. The molecule has 0 aliphatic carbocycles. The molecular formula is C29H56NO8+. The van der Waals surface area contributed by atoms with E-state index in [9.17, 15) is 19.5 Å². The molecule has 0 fully saturated rings. The van der Waals surface area contributed by atoms with Crippen molar-refractivity contribution < 1.29 is 42.9 Å². The fraction of sp³-hybridized carbons (Fsp3) is 0.897. The minimum atomic E-state index is -1.50. The van der Waals surface area contributed by atoms with Crippen LogP contribution in [0.1, 0.15) is 110 Å². The molecule has 0 aliphatic rings. The first-order valence-corrected chi connectivity index (χ1v) is 14.7. The number of unbranched alkanes of at least 4 members (excludes halogenated alkanes) is 11. The highest BCUT2D eigenvalue weighted by atomic mass is 16.7. The van der Waals surface area contributed by atoms with Gasteiger partial charge in [-0.05, 0) is 12.8 Å². The summed E-state index contributed by atoms with van der Waals surface area (Å²) in [7, 11) is 5.92. The summed E-state index contributed by atoms with van der Waals surface area (Å²) in [6.07, 6.45) is 12.2. The molecule has 0 aromatic heterocycles. The van der Waals surface area contributed by atoms with E-state index >= 15 is 0 Å². The minimum absolute atomic E-state index is 0.178. The number of rotatable bonds is 26. The van der Waals surface area contributed by atoms with E-state index in [1.165, 1.54) is 32.1 Å². The topological polar surface area (TPSA) is 108 Å². The van der Waals surface area contributed by atoms with Gasteiger partial charge in [0.1, 0.15) is 13.2 Å². The van der Waals surface area contributed by atoms with E-state index in [-0.39, 0.29) is 32.2 Å².